The summed E-state index contributed by atoms with van der Waals surface area (Å²) in [5, 5.41) is 9.19. The number of methoxy groups -OCH3 is 1. The van der Waals surface area contributed by atoms with Crippen LogP contribution in [0.5, 0.6) is 5.75 Å². The first-order chi connectivity index (χ1) is 6.47. The van der Waals surface area contributed by atoms with Gasteiger partial charge in [0.05, 0.1) is 5.60 Å². The SMILES string of the molecule is COC(C)(C)c1cccc(O)c(=O)c1. The largest absolute Gasteiger partial charge is 0.504 e. The van der Waals surface area contributed by atoms with Crippen molar-refractivity contribution in [1.82, 2.24) is 0 Å². The number of aromatic hydroxyl groups is 1. The van der Waals surface area contributed by atoms with Gasteiger partial charge in [-0.1, -0.05) is 12.1 Å². The van der Waals surface area contributed by atoms with Crippen molar-refractivity contribution in [3.8, 4) is 5.75 Å². The third kappa shape index (κ3) is 2.12. The molecule has 0 fully saturated rings. The summed E-state index contributed by atoms with van der Waals surface area (Å²) in [7, 11) is 1.58. The molecule has 0 atom stereocenters. The van der Waals surface area contributed by atoms with E-state index in [9.17, 15) is 9.90 Å². The summed E-state index contributed by atoms with van der Waals surface area (Å²) in [5.74, 6) is -0.247. The van der Waals surface area contributed by atoms with Crippen LogP contribution in [0, 0.1) is 0 Å². The Bertz CT molecular complexity index is 383. The minimum atomic E-state index is -0.523. The molecule has 0 spiro atoms. The third-order valence-electron chi connectivity index (χ3n) is 2.27. The zero-order chi connectivity index (χ0) is 10.8. The predicted octanol–water partition coefficient (Wildman–Crippen LogP) is 1.63. The van der Waals surface area contributed by atoms with Crippen LogP contribution in [0.2, 0.25) is 0 Å². The Kier molecular flexibility index (Phi) is 2.91. The van der Waals surface area contributed by atoms with E-state index >= 15 is 0 Å². The second kappa shape index (κ2) is 3.80. The third-order valence-corrected chi connectivity index (χ3v) is 2.27. The van der Waals surface area contributed by atoms with Crippen molar-refractivity contribution in [2.45, 2.75) is 19.4 Å². The molecule has 0 aliphatic rings. The highest BCUT2D eigenvalue weighted by Gasteiger charge is 2.19. The van der Waals surface area contributed by atoms with Crippen molar-refractivity contribution >= 4 is 0 Å². The van der Waals surface area contributed by atoms with E-state index in [1.165, 1.54) is 12.1 Å². The van der Waals surface area contributed by atoms with Crippen LogP contribution in [-0.4, -0.2) is 12.2 Å². The molecule has 0 bridgehead atoms. The molecular formula is C11H14O3. The van der Waals surface area contributed by atoms with E-state index in [-0.39, 0.29) is 5.75 Å². The number of hydrogen-bond acceptors (Lipinski definition) is 3. The maximum atomic E-state index is 11.3. The van der Waals surface area contributed by atoms with E-state index in [0.717, 1.165) is 5.56 Å². The van der Waals surface area contributed by atoms with Crippen molar-refractivity contribution in [2.24, 2.45) is 0 Å². The van der Waals surface area contributed by atoms with Gasteiger partial charge in [0.25, 0.3) is 0 Å². The van der Waals surface area contributed by atoms with Crippen LogP contribution in [-0.2, 0) is 10.3 Å². The average Bonchev–Trinajstić information content (AvgIpc) is 2.30. The molecule has 0 radical (unpaired) electrons. The number of rotatable bonds is 2. The van der Waals surface area contributed by atoms with E-state index in [1.807, 2.05) is 13.8 Å². The maximum absolute atomic E-state index is 11.3. The Balaban J connectivity index is 3.34. The predicted molar refractivity (Wildman–Crippen MR) is 54.4 cm³/mol. The van der Waals surface area contributed by atoms with Gasteiger partial charge in [0.2, 0.25) is 5.43 Å². The Morgan fingerprint density at radius 3 is 2.57 bits per heavy atom. The van der Waals surface area contributed by atoms with Gasteiger partial charge in [-0.05, 0) is 31.5 Å². The second-order valence-electron chi connectivity index (χ2n) is 3.59. The van der Waals surface area contributed by atoms with Gasteiger partial charge in [-0.25, -0.2) is 0 Å². The lowest BCUT2D eigenvalue weighted by Crippen LogP contribution is -2.19. The fourth-order valence-corrected chi connectivity index (χ4v) is 1.08. The molecule has 0 aliphatic heterocycles. The minimum Gasteiger partial charge on any atom is -0.504 e. The lowest BCUT2D eigenvalue weighted by molar-refractivity contribution is 0.0192. The summed E-state index contributed by atoms with van der Waals surface area (Å²) < 4.78 is 5.24. The van der Waals surface area contributed by atoms with Crippen LogP contribution in [0.15, 0.2) is 29.1 Å². The van der Waals surface area contributed by atoms with Gasteiger partial charge in [-0.2, -0.15) is 0 Å². The number of ether oxygens (including phenoxy) is 1. The van der Waals surface area contributed by atoms with Crippen molar-refractivity contribution < 1.29 is 9.84 Å². The van der Waals surface area contributed by atoms with Gasteiger partial charge in [-0.3, -0.25) is 4.79 Å². The zero-order valence-electron chi connectivity index (χ0n) is 8.57. The first kappa shape index (κ1) is 10.7. The normalized spacial score (nSPS) is 11.4. The van der Waals surface area contributed by atoms with Crippen LogP contribution in [0.1, 0.15) is 19.4 Å². The molecular weight excluding hydrogens is 180 g/mol. The van der Waals surface area contributed by atoms with Crippen molar-refractivity contribution in [3.05, 3.63) is 40.1 Å². The van der Waals surface area contributed by atoms with Gasteiger partial charge in [0, 0.05) is 7.11 Å². The van der Waals surface area contributed by atoms with Gasteiger partial charge < -0.3 is 9.84 Å². The molecule has 1 N–H and O–H groups in total. The summed E-state index contributed by atoms with van der Waals surface area (Å²) in [5.41, 5.74) is -0.176. The smallest absolute Gasteiger partial charge is 0.220 e. The fourth-order valence-electron chi connectivity index (χ4n) is 1.08. The molecule has 0 aliphatic carbocycles. The van der Waals surface area contributed by atoms with Gasteiger partial charge in [0.1, 0.15) is 0 Å². The lowest BCUT2D eigenvalue weighted by atomic mass is 10.00. The molecule has 1 rings (SSSR count). The van der Waals surface area contributed by atoms with Crippen LogP contribution in [0.3, 0.4) is 0 Å². The van der Waals surface area contributed by atoms with Gasteiger partial charge in [0.15, 0.2) is 5.75 Å². The van der Waals surface area contributed by atoms with Crippen molar-refractivity contribution in [3.63, 3.8) is 0 Å². The van der Waals surface area contributed by atoms with E-state index < -0.39 is 11.0 Å². The summed E-state index contributed by atoms with van der Waals surface area (Å²) in [6.07, 6.45) is 0. The molecule has 0 amide bonds. The average molecular weight is 194 g/mol. The Morgan fingerprint density at radius 1 is 1.36 bits per heavy atom. The van der Waals surface area contributed by atoms with Crippen molar-refractivity contribution in [1.29, 1.82) is 0 Å². The Morgan fingerprint density at radius 2 is 2.00 bits per heavy atom. The van der Waals surface area contributed by atoms with Crippen LogP contribution >= 0.6 is 0 Å². The quantitative estimate of drug-likeness (QED) is 0.778. The fraction of sp³-hybridized carbons (Fsp3) is 0.364. The standard InChI is InChI=1S/C11H14O3/c1-11(2,14-3)8-5-4-6-9(12)10(13)7-8/h4-7H,1-3H3,(H,12,13). The molecule has 0 saturated carbocycles. The van der Waals surface area contributed by atoms with Crippen LogP contribution in [0.4, 0.5) is 0 Å². The van der Waals surface area contributed by atoms with E-state index in [2.05, 4.69) is 0 Å². The highest BCUT2D eigenvalue weighted by molar-refractivity contribution is 5.26. The second-order valence-corrected chi connectivity index (χ2v) is 3.59. The molecule has 76 valence electrons. The maximum Gasteiger partial charge on any atom is 0.220 e. The van der Waals surface area contributed by atoms with E-state index in [1.54, 1.807) is 19.2 Å². The summed E-state index contributed by atoms with van der Waals surface area (Å²) in [4.78, 5) is 11.3. The molecule has 0 unspecified atom stereocenters. The molecule has 0 heterocycles. The molecule has 14 heavy (non-hydrogen) atoms. The number of hydrogen-bond donors (Lipinski definition) is 1. The highest BCUT2D eigenvalue weighted by Crippen LogP contribution is 2.22. The molecule has 1 aromatic carbocycles. The first-order valence-corrected chi connectivity index (χ1v) is 4.36. The monoisotopic (exact) mass is 194 g/mol. The molecule has 0 aromatic heterocycles. The van der Waals surface area contributed by atoms with Crippen molar-refractivity contribution in [2.75, 3.05) is 7.11 Å². The van der Waals surface area contributed by atoms with Gasteiger partial charge in [-0.15, -0.1) is 0 Å². The van der Waals surface area contributed by atoms with Gasteiger partial charge >= 0.3 is 0 Å². The minimum absolute atomic E-state index is 0.247. The lowest BCUT2D eigenvalue weighted by Gasteiger charge is -2.22. The van der Waals surface area contributed by atoms with Crippen LogP contribution in [0.25, 0.3) is 0 Å². The topological polar surface area (TPSA) is 46.5 Å². The zero-order valence-corrected chi connectivity index (χ0v) is 8.57. The molecule has 1 aromatic rings. The van der Waals surface area contributed by atoms with E-state index in [4.69, 9.17) is 4.74 Å². The van der Waals surface area contributed by atoms with Crippen LogP contribution < -0.4 is 5.43 Å². The van der Waals surface area contributed by atoms with E-state index in [0.29, 0.717) is 0 Å². The summed E-state index contributed by atoms with van der Waals surface area (Å²) in [6.45, 7) is 3.72. The Labute approximate surface area is 83.0 Å². The molecule has 3 nitrogen and oxygen atoms in total. The highest BCUT2D eigenvalue weighted by atomic mass is 16.5. The summed E-state index contributed by atoms with van der Waals surface area (Å²) >= 11 is 0. The first-order valence-electron chi connectivity index (χ1n) is 4.36. The molecule has 0 saturated heterocycles. The summed E-state index contributed by atoms with van der Waals surface area (Å²) in [6, 6.07) is 6.15. The Hall–Kier alpha value is -1.35. The molecule has 3 heteroatoms.